The van der Waals surface area contributed by atoms with E-state index in [-0.39, 0.29) is 18.2 Å². The van der Waals surface area contributed by atoms with Crippen LogP contribution in [0.2, 0.25) is 5.02 Å². The molecule has 0 saturated carbocycles. The second-order valence-electron chi connectivity index (χ2n) is 6.93. The van der Waals surface area contributed by atoms with E-state index in [4.69, 9.17) is 32.8 Å². The van der Waals surface area contributed by atoms with Gasteiger partial charge in [0.2, 0.25) is 0 Å². The zero-order chi connectivity index (χ0) is 19.3. The second kappa shape index (κ2) is 7.00. The van der Waals surface area contributed by atoms with Gasteiger partial charge >= 0.3 is 0 Å². The van der Waals surface area contributed by atoms with Crippen molar-refractivity contribution in [3.63, 3.8) is 0 Å². The summed E-state index contributed by atoms with van der Waals surface area (Å²) in [6, 6.07) is 5.72. The van der Waals surface area contributed by atoms with Crippen LogP contribution < -0.4 is 16.4 Å². The largest absolute Gasteiger partial charge is 0.382 e. The molecule has 144 valence electrons. The normalized spacial score (nSPS) is 24.1. The van der Waals surface area contributed by atoms with Gasteiger partial charge in [-0.15, -0.1) is 0 Å². The fourth-order valence-electron chi connectivity index (χ4n) is 3.60. The summed E-state index contributed by atoms with van der Waals surface area (Å²) in [6.45, 7) is 1.52. The van der Waals surface area contributed by atoms with Gasteiger partial charge in [-0.1, -0.05) is 23.4 Å². The highest BCUT2D eigenvalue weighted by molar-refractivity contribution is 7.99. The van der Waals surface area contributed by atoms with Crippen molar-refractivity contribution in [2.75, 3.05) is 23.7 Å². The van der Waals surface area contributed by atoms with Crippen molar-refractivity contribution in [1.29, 1.82) is 0 Å². The number of rotatable bonds is 3. The summed E-state index contributed by atoms with van der Waals surface area (Å²) in [5.74, 6) is 1.13. The van der Waals surface area contributed by atoms with E-state index in [0.717, 1.165) is 40.8 Å². The molecule has 2 saturated heterocycles. The molecule has 2 aliphatic rings. The Hall–Kier alpha value is -2.20. The summed E-state index contributed by atoms with van der Waals surface area (Å²) in [7, 11) is 0. The number of nitrogens with two attached hydrogens (primary N) is 2. The van der Waals surface area contributed by atoms with Crippen molar-refractivity contribution in [3.8, 4) is 0 Å². The highest BCUT2D eigenvalue weighted by Crippen LogP contribution is 2.35. The van der Waals surface area contributed by atoms with E-state index >= 15 is 0 Å². The average Bonchev–Trinajstić information content (AvgIpc) is 2.96. The molecule has 0 unspecified atom stereocenters. The van der Waals surface area contributed by atoms with Crippen LogP contribution in [0, 0.1) is 0 Å². The molecule has 3 atom stereocenters. The Morgan fingerprint density at radius 1 is 1.18 bits per heavy atom. The summed E-state index contributed by atoms with van der Waals surface area (Å²) < 4.78 is 5.88. The molecule has 28 heavy (non-hydrogen) atoms. The van der Waals surface area contributed by atoms with Crippen LogP contribution in [0.1, 0.15) is 6.42 Å². The van der Waals surface area contributed by atoms with Crippen molar-refractivity contribution in [2.45, 2.75) is 34.6 Å². The van der Waals surface area contributed by atoms with Crippen LogP contribution in [0.5, 0.6) is 0 Å². The van der Waals surface area contributed by atoms with Crippen LogP contribution in [0.3, 0.4) is 0 Å². The van der Waals surface area contributed by atoms with Gasteiger partial charge in [-0.25, -0.2) is 19.9 Å². The lowest BCUT2D eigenvalue weighted by atomic mass is 10.1. The van der Waals surface area contributed by atoms with Crippen molar-refractivity contribution in [3.05, 3.63) is 35.6 Å². The minimum absolute atomic E-state index is 0.0608. The smallest absolute Gasteiger partial charge is 0.179 e. The van der Waals surface area contributed by atoms with E-state index < -0.39 is 0 Å². The number of nitrogens with zero attached hydrogens (tertiary/aromatic N) is 5. The zero-order valence-corrected chi connectivity index (χ0v) is 16.4. The average molecular weight is 416 g/mol. The predicted molar refractivity (Wildman–Crippen MR) is 109 cm³/mol. The highest BCUT2D eigenvalue weighted by Gasteiger charge is 2.39. The SMILES string of the molecule is Nc1nccc(Sc2ccc3nc(N4C[C@H]5C[C@H](N)[C@@H](C4)O5)cnc3n2)c1Cl. The van der Waals surface area contributed by atoms with Gasteiger partial charge in [-0.05, 0) is 24.6 Å². The molecule has 0 amide bonds. The van der Waals surface area contributed by atoms with E-state index in [1.54, 1.807) is 18.5 Å². The predicted octanol–water partition coefficient (Wildman–Crippen LogP) is 2.11. The molecule has 5 heterocycles. The van der Waals surface area contributed by atoms with Crippen molar-refractivity contribution in [1.82, 2.24) is 19.9 Å². The molecule has 4 N–H and O–H groups in total. The first-order valence-corrected chi connectivity index (χ1v) is 10.1. The Morgan fingerprint density at radius 3 is 2.93 bits per heavy atom. The van der Waals surface area contributed by atoms with E-state index in [2.05, 4.69) is 19.9 Å². The van der Waals surface area contributed by atoms with Gasteiger partial charge in [-0.3, -0.25) is 0 Å². The van der Waals surface area contributed by atoms with E-state index in [0.29, 0.717) is 16.5 Å². The number of hydrogen-bond acceptors (Lipinski definition) is 9. The lowest BCUT2D eigenvalue weighted by molar-refractivity contribution is 0.0269. The Kier molecular flexibility index (Phi) is 4.47. The molecule has 0 aromatic carbocycles. The Morgan fingerprint density at radius 2 is 2.07 bits per heavy atom. The fraction of sp³-hybridized carbons (Fsp3) is 0.333. The maximum Gasteiger partial charge on any atom is 0.179 e. The molecule has 2 fully saturated rings. The summed E-state index contributed by atoms with van der Waals surface area (Å²) >= 11 is 7.63. The maximum absolute atomic E-state index is 6.22. The summed E-state index contributed by atoms with van der Waals surface area (Å²) in [6.07, 6.45) is 4.51. The van der Waals surface area contributed by atoms with Crippen LogP contribution >= 0.6 is 23.4 Å². The van der Waals surface area contributed by atoms with Crippen LogP contribution in [0.15, 0.2) is 40.5 Å². The number of ether oxygens (including phenoxy) is 1. The molecule has 0 radical (unpaired) electrons. The van der Waals surface area contributed by atoms with Crippen LogP contribution in [-0.2, 0) is 4.74 Å². The highest BCUT2D eigenvalue weighted by atomic mass is 35.5. The molecular weight excluding hydrogens is 398 g/mol. The van der Waals surface area contributed by atoms with Gasteiger partial charge in [0.1, 0.15) is 22.2 Å². The quantitative estimate of drug-likeness (QED) is 0.663. The van der Waals surface area contributed by atoms with Gasteiger partial charge in [0, 0.05) is 30.2 Å². The number of fused-ring (bicyclic) bond motifs is 3. The summed E-state index contributed by atoms with van der Waals surface area (Å²) in [5.41, 5.74) is 13.2. The van der Waals surface area contributed by atoms with E-state index in [9.17, 15) is 0 Å². The van der Waals surface area contributed by atoms with Crippen molar-refractivity contribution >= 4 is 46.2 Å². The molecule has 0 spiro atoms. The lowest BCUT2D eigenvalue weighted by Crippen LogP contribution is -2.46. The standard InChI is InChI=1S/C18H18ClN7OS/c19-16-13(3-4-22-17(16)21)28-15-2-1-11-18(25-15)23-6-14(24-11)26-7-9-5-10(20)12(8-26)27-9/h1-4,6,9-10,12H,5,7-8,20H2,(H2,21,22)/t9-,10+,12-/m1/s1. The molecule has 5 rings (SSSR count). The van der Waals surface area contributed by atoms with Crippen molar-refractivity contribution < 1.29 is 4.74 Å². The molecule has 2 aliphatic heterocycles. The molecule has 3 aromatic rings. The number of pyridine rings is 2. The topological polar surface area (TPSA) is 116 Å². The van der Waals surface area contributed by atoms with Gasteiger partial charge < -0.3 is 21.1 Å². The monoisotopic (exact) mass is 415 g/mol. The first kappa shape index (κ1) is 17.9. The molecule has 3 aromatic heterocycles. The minimum atomic E-state index is 0.0608. The Balaban J connectivity index is 1.40. The molecule has 0 aliphatic carbocycles. The Bertz CT molecular complexity index is 1050. The first-order valence-electron chi connectivity index (χ1n) is 8.94. The van der Waals surface area contributed by atoms with Crippen LogP contribution in [-0.4, -0.2) is 51.3 Å². The van der Waals surface area contributed by atoms with Gasteiger partial charge in [-0.2, -0.15) is 0 Å². The fourth-order valence-corrected chi connectivity index (χ4v) is 4.64. The zero-order valence-electron chi connectivity index (χ0n) is 14.8. The number of morpholine rings is 1. The molecule has 10 heteroatoms. The maximum atomic E-state index is 6.22. The van der Waals surface area contributed by atoms with E-state index in [1.807, 2.05) is 12.1 Å². The minimum Gasteiger partial charge on any atom is -0.382 e. The number of halogens is 1. The molecule has 8 nitrogen and oxygen atoms in total. The lowest BCUT2D eigenvalue weighted by Gasteiger charge is -2.33. The second-order valence-corrected chi connectivity index (χ2v) is 8.37. The third-order valence-electron chi connectivity index (χ3n) is 4.99. The summed E-state index contributed by atoms with van der Waals surface area (Å²) in [4.78, 5) is 20.8. The van der Waals surface area contributed by atoms with E-state index in [1.165, 1.54) is 11.8 Å². The van der Waals surface area contributed by atoms with Gasteiger partial charge in [0.05, 0.1) is 23.4 Å². The molecule has 2 bridgehead atoms. The number of anilines is 2. The third kappa shape index (κ3) is 3.24. The number of nitrogen functional groups attached to an aromatic ring is 1. The summed E-state index contributed by atoms with van der Waals surface area (Å²) in [5, 5.41) is 1.19. The van der Waals surface area contributed by atoms with Crippen LogP contribution in [0.25, 0.3) is 11.2 Å². The molecular formula is C18H18ClN7OS. The van der Waals surface area contributed by atoms with Gasteiger partial charge in [0.25, 0.3) is 0 Å². The van der Waals surface area contributed by atoms with Crippen LogP contribution in [0.4, 0.5) is 11.6 Å². The van der Waals surface area contributed by atoms with Gasteiger partial charge in [0.15, 0.2) is 5.65 Å². The first-order chi connectivity index (χ1) is 13.6. The number of hydrogen-bond donors (Lipinski definition) is 2. The number of aromatic nitrogens is 4. The Labute approximate surface area is 170 Å². The van der Waals surface area contributed by atoms with Crippen molar-refractivity contribution in [2.24, 2.45) is 5.73 Å². The third-order valence-corrected chi connectivity index (χ3v) is 6.50.